The zero-order chi connectivity index (χ0) is 20.1. The maximum absolute atomic E-state index is 12.2. The SMILES string of the molecule is COc1ccccc1-c1ccc(C[C@H](NC(=O)C2CCC(=O)N2)C(=O)O)cc1. The molecule has 0 aromatic heterocycles. The standard InChI is InChI=1S/C21H22N2O5/c1-28-18-5-3-2-4-15(18)14-8-6-13(7-9-14)12-17(21(26)27)23-20(25)16-10-11-19(24)22-16/h2-9,16-17H,10-12H2,1H3,(H,22,24)(H,23,25)(H,26,27)/t16?,17-/m0/s1. The molecular formula is C21H22N2O5. The van der Waals surface area contributed by atoms with Gasteiger partial charge in [0.05, 0.1) is 7.11 Å². The van der Waals surface area contributed by atoms with Crippen molar-refractivity contribution in [3.8, 4) is 16.9 Å². The monoisotopic (exact) mass is 382 g/mol. The highest BCUT2D eigenvalue weighted by Crippen LogP contribution is 2.29. The van der Waals surface area contributed by atoms with Gasteiger partial charge in [0.1, 0.15) is 17.8 Å². The number of carbonyl (C=O) groups is 3. The summed E-state index contributed by atoms with van der Waals surface area (Å²) in [4.78, 5) is 35.0. The molecule has 1 aliphatic heterocycles. The average molecular weight is 382 g/mol. The Balaban J connectivity index is 1.69. The fraction of sp³-hybridized carbons (Fsp3) is 0.286. The number of amides is 2. The van der Waals surface area contributed by atoms with Gasteiger partial charge in [-0.2, -0.15) is 0 Å². The van der Waals surface area contributed by atoms with Crippen LogP contribution in [0.15, 0.2) is 48.5 Å². The van der Waals surface area contributed by atoms with Crippen molar-refractivity contribution in [2.75, 3.05) is 7.11 Å². The van der Waals surface area contributed by atoms with Gasteiger partial charge in [0.25, 0.3) is 0 Å². The molecule has 0 saturated carbocycles. The maximum Gasteiger partial charge on any atom is 0.326 e. The molecule has 3 N–H and O–H groups in total. The van der Waals surface area contributed by atoms with E-state index < -0.39 is 24.0 Å². The average Bonchev–Trinajstić information content (AvgIpc) is 3.14. The van der Waals surface area contributed by atoms with Crippen molar-refractivity contribution in [3.05, 3.63) is 54.1 Å². The Hall–Kier alpha value is -3.35. The molecule has 1 fully saturated rings. The van der Waals surface area contributed by atoms with Crippen molar-refractivity contribution in [2.24, 2.45) is 0 Å². The Morgan fingerprint density at radius 2 is 1.93 bits per heavy atom. The van der Waals surface area contributed by atoms with Gasteiger partial charge in [-0.3, -0.25) is 9.59 Å². The quantitative estimate of drug-likeness (QED) is 0.677. The molecule has 7 nitrogen and oxygen atoms in total. The lowest BCUT2D eigenvalue weighted by Crippen LogP contribution is -2.49. The molecule has 1 unspecified atom stereocenters. The molecule has 0 radical (unpaired) electrons. The Morgan fingerprint density at radius 1 is 1.21 bits per heavy atom. The van der Waals surface area contributed by atoms with E-state index in [9.17, 15) is 19.5 Å². The predicted octanol–water partition coefficient (Wildman–Crippen LogP) is 1.75. The van der Waals surface area contributed by atoms with Crippen LogP contribution in [0.4, 0.5) is 0 Å². The van der Waals surface area contributed by atoms with Gasteiger partial charge in [-0.05, 0) is 23.6 Å². The van der Waals surface area contributed by atoms with Gasteiger partial charge >= 0.3 is 5.97 Å². The normalized spacial score (nSPS) is 16.9. The Labute approximate surface area is 162 Å². The van der Waals surface area contributed by atoms with Crippen molar-refractivity contribution in [2.45, 2.75) is 31.3 Å². The number of ether oxygens (including phenoxy) is 1. The summed E-state index contributed by atoms with van der Waals surface area (Å²) in [6.45, 7) is 0. The van der Waals surface area contributed by atoms with E-state index in [-0.39, 0.29) is 18.7 Å². The summed E-state index contributed by atoms with van der Waals surface area (Å²) in [6, 6.07) is 13.4. The van der Waals surface area contributed by atoms with Crippen LogP contribution in [0.1, 0.15) is 18.4 Å². The molecule has 28 heavy (non-hydrogen) atoms. The van der Waals surface area contributed by atoms with E-state index >= 15 is 0 Å². The summed E-state index contributed by atoms with van der Waals surface area (Å²) in [5.74, 6) is -1.03. The molecule has 2 aromatic rings. The zero-order valence-corrected chi connectivity index (χ0v) is 15.5. The number of carbonyl (C=O) groups excluding carboxylic acids is 2. The second kappa shape index (κ2) is 8.56. The van der Waals surface area contributed by atoms with E-state index in [0.717, 1.165) is 22.4 Å². The van der Waals surface area contributed by atoms with Crippen molar-refractivity contribution in [3.63, 3.8) is 0 Å². The number of nitrogens with one attached hydrogen (secondary N) is 2. The summed E-state index contributed by atoms with van der Waals surface area (Å²) < 4.78 is 5.37. The van der Waals surface area contributed by atoms with Gasteiger partial charge in [-0.15, -0.1) is 0 Å². The molecule has 1 heterocycles. The number of hydrogen-bond acceptors (Lipinski definition) is 4. The van der Waals surface area contributed by atoms with Crippen LogP contribution in [0.5, 0.6) is 5.75 Å². The lowest BCUT2D eigenvalue weighted by atomic mass is 10.00. The first-order chi connectivity index (χ1) is 13.5. The van der Waals surface area contributed by atoms with Crippen LogP contribution in [0.2, 0.25) is 0 Å². The lowest BCUT2D eigenvalue weighted by molar-refractivity contribution is -0.142. The van der Waals surface area contributed by atoms with E-state index in [1.54, 1.807) is 7.11 Å². The van der Waals surface area contributed by atoms with E-state index in [1.165, 1.54) is 0 Å². The van der Waals surface area contributed by atoms with Crippen molar-refractivity contribution < 1.29 is 24.2 Å². The molecule has 146 valence electrons. The van der Waals surface area contributed by atoms with Crippen molar-refractivity contribution >= 4 is 17.8 Å². The highest BCUT2D eigenvalue weighted by atomic mass is 16.5. The molecule has 0 spiro atoms. The molecule has 0 bridgehead atoms. The first-order valence-electron chi connectivity index (χ1n) is 9.03. The minimum Gasteiger partial charge on any atom is -0.496 e. The van der Waals surface area contributed by atoms with Crippen LogP contribution in [-0.2, 0) is 20.8 Å². The third-order valence-corrected chi connectivity index (χ3v) is 4.74. The van der Waals surface area contributed by atoms with Crippen LogP contribution < -0.4 is 15.4 Å². The summed E-state index contributed by atoms with van der Waals surface area (Å²) in [5.41, 5.74) is 2.67. The topological polar surface area (TPSA) is 105 Å². The van der Waals surface area contributed by atoms with Crippen LogP contribution in [0, 0.1) is 0 Å². The third-order valence-electron chi connectivity index (χ3n) is 4.74. The fourth-order valence-electron chi connectivity index (χ4n) is 3.22. The van der Waals surface area contributed by atoms with Gasteiger partial charge in [0.2, 0.25) is 11.8 Å². The largest absolute Gasteiger partial charge is 0.496 e. The summed E-state index contributed by atoms with van der Waals surface area (Å²) in [6.07, 6.45) is 0.804. The second-order valence-corrected chi connectivity index (χ2v) is 6.66. The van der Waals surface area contributed by atoms with Crippen LogP contribution in [0.3, 0.4) is 0 Å². The molecule has 1 saturated heterocycles. The van der Waals surface area contributed by atoms with E-state index in [1.807, 2.05) is 48.5 Å². The van der Waals surface area contributed by atoms with Gasteiger partial charge in [0.15, 0.2) is 0 Å². The number of para-hydroxylation sites is 1. The third kappa shape index (κ3) is 4.49. The van der Waals surface area contributed by atoms with Gasteiger partial charge in [0, 0.05) is 18.4 Å². The Morgan fingerprint density at radius 3 is 2.54 bits per heavy atom. The molecule has 2 amide bonds. The number of benzene rings is 2. The highest BCUT2D eigenvalue weighted by Gasteiger charge is 2.30. The number of rotatable bonds is 7. The van der Waals surface area contributed by atoms with Gasteiger partial charge in [-0.1, -0.05) is 42.5 Å². The van der Waals surface area contributed by atoms with Crippen LogP contribution in [-0.4, -0.2) is 42.1 Å². The molecule has 1 aliphatic rings. The summed E-state index contributed by atoms with van der Waals surface area (Å²) in [5, 5.41) is 14.5. The zero-order valence-electron chi connectivity index (χ0n) is 15.5. The highest BCUT2D eigenvalue weighted by molar-refractivity contribution is 5.92. The fourth-order valence-corrected chi connectivity index (χ4v) is 3.22. The molecule has 2 aromatic carbocycles. The van der Waals surface area contributed by atoms with E-state index in [2.05, 4.69) is 10.6 Å². The number of aliphatic carboxylic acids is 1. The van der Waals surface area contributed by atoms with E-state index in [4.69, 9.17) is 4.74 Å². The first-order valence-corrected chi connectivity index (χ1v) is 9.03. The minimum absolute atomic E-state index is 0.147. The molecule has 0 aliphatic carbocycles. The maximum atomic E-state index is 12.2. The van der Waals surface area contributed by atoms with E-state index in [0.29, 0.717) is 6.42 Å². The van der Waals surface area contributed by atoms with Crippen molar-refractivity contribution in [1.82, 2.24) is 10.6 Å². The number of carboxylic acid groups (broad SMARTS) is 1. The number of carboxylic acids is 1. The smallest absolute Gasteiger partial charge is 0.326 e. The molecule has 7 heteroatoms. The predicted molar refractivity (Wildman–Crippen MR) is 103 cm³/mol. The van der Waals surface area contributed by atoms with Crippen LogP contribution >= 0.6 is 0 Å². The second-order valence-electron chi connectivity index (χ2n) is 6.66. The molecule has 2 atom stereocenters. The molecule has 3 rings (SSSR count). The number of hydrogen-bond donors (Lipinski definition) is 3. The van der Waals surface area contributed by atoms with Gasteiger partial charge < -0.3 is 20.5 Å². The van der Waals surface area contributed by atoms with Crippen LogP contribution in [0.25, 0.3) is 11.1 Å². The lowest BCUT2D eigenvalue weighted by Gasteiger charge is -2.18. The first kappa shape index (κ1) is 19.4. The summed E-state index contributed by atoms with van der Waals surface area (Å²) >= 11 is 0. The minimum atomic E-state index is -1.12. The summed E-state index contributed by atoms with van der Waals surface area (Å²) in [7, 11) is 1.61. The Kier molecular flexibility index (Phi) is 5.93. The Bertz CT molecular complexity index is 879. The van der Waals surface area contributed by atoms with Crippen molar-refractivity contribution in [1.29, 1.82) is 0 Å². The van der Waals surface area contributed by atoms with Gasteiger partial charge in [-0.25, -0.2) is 4.79 Å². The number of methoxy groups -OCH3 is 1. The molecular weight excluding hydrogens is 360 g/mol.